The van der Waals surface area contributed by atoms with E-state index < -0.39 is 18.7 Å². The highest BCUT2D eigenvalue weighted by Crippen LogP contribution is 2.27. The van der Waals surface area contributed by atoms with Crippen molar-refractivity contribution < 1.29 is 19.8 Å². The van der Waals surface area contributed by atoms with E-state index >= 15 is 0 Å². The minimum absolute atomic E-state index is 0.00706. The third-order valence-electron chi connectivity index (χ3n) is 2.13. The first-order valence-corrected chi connectivity index (χ1v) is 5.68. The molecule has 0 saturated heterocycles. The average molecular weight is 304 g/mol. The van der Waals surface area contributed by atoms with Crippen molar-refractivity contribution in [3.05, 3.63) is 28.8 Å². The second kappa shape index (κ2) is 6.21. The van der Waals surface area contributed by atoms with Crippen LogP contribution in [0, 0.1) is 0 Å². The van der Waals surface area contributed by atoms with E-state index in [4.69, 9.17) is 27.5 Å². The Kier molecular flexibility index (Phi) is 4.90. The minimum atomic E-state index is -1.59. The predicted octanol–water partition coefficient (Wildman–Crippen LogP) is 2.15. The van der Waals surface area contributed by atoms with Crippen molar-refractivity contribution in [3.8, 4) is 0 Å². The van der Waals surface area contributed by atoms with Gasteiger partial charge in [0, 0.05) is 0 Å². The van der Waals surface area contributed by atoms with Gasteiger partial charge < -0.3 is 21.3 Å². The van der Waals surface area contributed by atoms with Gasteiger partial charge in [0.2, 0.25) is 0 Å². The van der Waals surface area contributed by atoms with E-state index in [2.05, 4.69) is 17.5 Å². The molecule has 19 heavy (non-hydrogen) atoms. The Morgan fingerprint density at radius 3 is 2.42 bits per heavy atom. The number of nitrogens with two attached hydrogens (primary N) is 1. The maximum absolute atomic E-state index is 10.8. The van der Waals surface area contributed by atoms with Crippen LogP contribution in [0.25, 0.3) is 0 Å². The van der Waals surface area contributed by atoms with Gasteiger partial charge in [0.15, 0.2) is 5.11 Å². The average Bonchev–Trinajstić information content (AvgIpc) is 2.28. The van der Waals surface area contributed by atoms with Crippen molar-refractivity contribution in [2.45, 2.75) is 6.54 Å². The van der Waals surface area contributed by atoms with Gasteiger partial charge in [0.1, 0.15) is 0 Å². The van der Waals surface area contributed by atoms with Gasteiger partial charge in [-0.05, 0) is 23.8 Å². The lowest BCUT2D eigenvalue weighted by Gasteiger charge is -2.16. The summed E-state index contributed by atoms with van der Waals surface area (Å²) in [5.41, 5.74) is 5.99. The summed E-state index contributed by atoms with van der Waals surface area (Å²) in [6.07, 6.45) is -3.17. The van der Waals surface area contributed by atoms with Crippen molar-refractivity contribution in [2.75, 3.05) is 5.32 Å². The first-order valence-electron chi connectivity index (χ1n) is 4.90. The summed E-state index contributed by atoms with van der Waals surface area (Å²) in [5.74, 6) is 0. The van der Waals surface area contributed by atoms with E-state index in [1.807, 2.05) is 0 Å². The molecule has 1 aromatic rings. The zero-order valence-electron chi connectivity index (χ0n) is 9.46. The van der Waals surface area contributed by atoms with Crippen LogP contribution < -0.4 is 11.1 Å². The van der Waals surface area contributed by atoms with Gasteiger partial charge in [-0.15, -0.1) is 0 Å². The molecule has 0 bridgehead atoms. The number of carbonyl (C=O) groups is 2. The second-order valence-corrected chi connectivity index (χ2v) is 4.24. The number of imide groups is 1. The lowest BCUT2D eigenvalue weighted by Crippen LogP contribution is -2.34. The van der Waals surface area contributed by atoms with Gasteiger partial charge in [-0.1, -0.05) is 23.7 Å². The first-order chi connectivity index (χ1) is 8.82. The highest BCUT2D eigenvalue weighted by Gasteiger charge is 2.21. The second-order valence-electron chi connectivity index (χ2n) is 3.42. The molecule has 0 aliphatic rings. The Labute approximate surface area is 118 Å². The van der Waals surface area contributed by atoms with E-state index in [0.29, 0.717) is 11.3 Å². The topological polar surface area (TPSA) is 116 Å². The predicted molar refractivity (Wildman–Crippen MR) is 73.5 cm³/mol. The fourth-order valence-corrected chi connectivity index (χ4v) is 1.66. The van der Waals surface area contributed by atoms with Gasteiger partial charge in [0.25, 0.3) is 0 Å². The summed E-state index contributed by atoms with van der Waals surface area (Å²) in [6, 6.07) is 4.66. The van der Waals surface area contributed by atoms with Crippen LogP contribution in [0.1, 0.15) is 5.56 Å². The van der Waals surface area contributed by atoms with Crippen molar-refractivity contribution in [1.82, 2.24) is 4.90 Å². The van der Waals surface area contributed by atoms with Gasteiger partial charge in [-0.25, -0.2) is 14.5 Å². The van der Waals surface area contributed by atoms with Crippen LogP contribution in [-0.2, 0) is 6.54 Å². The zero-order chi connectivity index (χ0) is 14.6. The fourth-order valence-electron chi connectivity index (χ4n) is 1.32. The number of thiocarbonyl (C=S) groups is 1. The zero-order valence-corrected chi connectivity index (χ0v) is 11.0. The van der Waals surface area contributed by atoms with E-state index in [-0.39, 0.29) is 15.0 Å². The van der Waals surface area contributed by atoms with Gasteiger partial charge in [-0.2, -0.15) is 0 Å². The van der Waals surface area contributed by atoms with Crippen LogP contribution in [-0.4, -0.2) is 32.4 Å². The molecule has 0 aliphatic carbocycles. The van der Waals surface area contributed by atoms with E-state index in [1.54, 1.807) is 12.1 Å². The molecule has 0 atom stereocenters. The number of carboxylic acid groups (broad SMARTS) is 2. The molecule has 2 amide bonds. The van der Waals surface area contributed by atoms with Crippen LogP contribution in [0.3, 0.4) is 0 Å². The van der Waals surface area contributed by atoms with E-state index in [9.17, 15) is 9.59 Å². The number of benzene rings is 1. The molecule has 0 aromatic heterocycles. The number of nitrogens with one attached hydrogen (secondary N) is 1. The smallest absolute Gasteiger partial charge is 0.417 e. The molecule has 0 heterocycles. The van der Waals surface area contributed by atoms with Crippen molar-refractivity contribution >= 4 is 46.8 Å². The maximum atomic E-state index is 10.8. The highest BCUT2D eigenvalue weighted by molar-refractivity contribution is 7.80. The number of anilines is 1. The third kappa shape index (κ3) is 3.97. The molecule has 0 spiro atoms. The number of nitrogens with zero attached hydrogens (tertiary/aromatic N) is 1. The summed E-state index contributed by atoms with van der Waals surface area (Å²) in [5, 5.41) is 20.3. The number of halogens is 1. The fraction of sp³-hybridized carbons (Fsp3) is 0.100. The van der Waals surface area contributed by atoms with E-state index in [0.717, 1.165) is 0 Å². The molecule has 5 N–H and O–H groups in total. The third-order valence-corrected chi connectivity index (χ3v) is 2.68. The minimum Gasteiger partial charge on any atom is -0.465 e. The summed E-state index contributed by atoms with van der Waals surface area (Å²) in [4.78, 5) is 21.7. The first kappa shape index (κ1) is 15.0. The molecular formula is C10H10ClN3O4S. The Bertz CT molecular complexity index is 524. The summed E-state index contributed by atoms with van der Waals surface area (Å²) < 4.78 is 0. The number of rotatable bonds is 3. The van der Waals surface area contributed by atoms with Crippen LogP contribution >= 0.6 is 23.8 Å². The molecule has 1 aromatic carbocycles. The van der Waals surface area contributed by atoms with Crippen LogP contribution in [0.4, 0.5) is 15.3 Å². The molecule has 7 nitrogen and oxygen atoms in total. The molecule has 0 aliphatic heterocycles. The van der Waals surface area contributed by atoms with Gasteiger partial charge in [-0.3, -0.25) is 0 Å². The Hall–Kier alpha value is -2.06. The van der Waals surface area contributed by atoms with Crippen molar-refractivity contribution in [3.63, 3.8) is 0 Å². The molecule has 102 valence electrons. The van der Waals surface area contributed by atoms with E-state index in [1.165, 1.54) is 6.07 Å². The largest absolute Gasteiger partial charge is 0.465 e. The normalized spacial score (nSPS) is 9.74. The maximum Gasteiger partial charge on any atom is 0.417 e. The lowest BCUT2D eigenvalue weighted by atomic mass is 10.2. The molecular weight excluding hydrogens is 294 g/mol. The Morgan fingerprint density at radius 1 is 1.37 bits per heavy atom. The van der Waals surface area contributed by atoms with Crippen molar-refractivity contribution in [1.29, 1.82) is 0 Å². The lowest BCUT2D eigenvalue weighted by molar-refractivity contribution is 0.120. The SMILES string of the molecule is NC(=S)Nc1cccc(CN(C(=O)O)C(=O)O)c1Cl. The highest BCUT2D eigenvalue weighted by atomic mass is 35.5. The Balaban J connectivity index is 3.04. The van der Waals surface area contributed by atoms with Gasteiger partial charge in [0.05, 0.1) is 17.3 Å². The molecule has 9 heteroatoms. The summed E-state index contributed by atoms with van der Waals surface area (Å²) >= 11 is 10.7. The monoisotopic (exact) mass is 303 g/mol. The quantitative estimate of drug-likeness (QED) is 0.632. The van der Waals surface area contributed by atoms with Crippen LogP contribution in [0.5, 0.6) is 0 Å². The molecule has 0 saturated carbocycles. The Morgan fingerprint density at radius 2 is 1.95 bits per heavy atom. The summed E-state index contributed by atoms with van der Waals surface area (Å²) in [7, 11) is 0. The standard InChI is InChI=1S/C10H10ClN3O4S/c11-7-5(4-14(9(15)16)10(17)18)2-1-3-6(7)13-8(12)19/h1-3H,4H2,(H,15,16)(H,17,18)(H3,12,13,19). The number of hydrogen-bond donors (Lipinski definition) is 4. The number of hydrogen-bond acceptors (Lipinski definition) is 3. The molecule has 0 radical (unpaired) electrons. The van der Waals surface area contributed by atoms with Crippen LogP contribution in [0.15, 0.2) is 18.2 Å². The molecule has 0 fully saturated rings. The number of amides is 2. The summed E-state index contributed by atoms with van der Waals surface area (Å²) in [6.45, 7) is -0.393. The van der Waals surface area contributed by atoms with Crippen LogP contribution in [0.2, 0.25) is 5.02 Å². The molecule has 0 unspecified atom stereocenters. The van der Waals surface area contributed by atoms with Gasteiger partial charge >= 0.3 is 12.2 Å². The van der Waals surface area contributed by atoms with Crippen molar-refractivity contribution in [2.24, 2.45) is 5.73 Å². The molecule has 1 rings (SSSR count).